The summed E-state index contributed by atoms with van der Waals surface area (Å²) in [5.41, 5.74) is 5.01. The average molecular weight is 419 g/mol. The third-order valence-electron chi connectivity index (χ3n) is 6.25. The molecule has 1 fully saturated rings. The molecule has 0 amide bonds. The first-order chi connectivity index (χ1) is 15.7. The molecule has 3 aromatic rings. The normalized spacial score (nSPS) is 20.8. The minimum atomic E-state index is -0.393. The molecule has 2 heterocycles. The van der Waals surface area contributed by atoms with Gasteiger partial charge in [0, 0.05) is 24.2 Å². The first kappa shape index (κ1) is 19.8. The lowest BCUT2D eigenvalue weighted by molar-refractivity contribution is 0.0546. The molecule has 0 bridgehead atoms. The van der Waals surface area contributed by atoms with Crippen LogP contribution >= 0.6 is 0 Å². The molecule has 1 saturated heterocycles. The number of piperidine rings is 1. The highest BCUT2D eigenvalue weighted by Gasteiger charge is 2.44. The van der Waals surface area contributed by atoms with Crippen LogP contribution < -0.4 is 9.64 Å². The van der Waals surface area contributed by atoms with Crippen molar-refractivity contribution >= 4 is 17.1 Å². The molecule has 1 spiro atoms. The molecule has 5 nitrogen and oxygen atoms in total. The Kier molecular flexibility index (Phi) is 5.09. The topological polar surface area (TPSA) is 33.6 Å². The Bertz CT molecular complexity index is 1270. The van der Waals surface area contributed by atoms with Crippen LogP contribution in [0.1, 0.15) is 24.8 Å². The van der Waals surface area contributed by atoms with Gasteiger partial charge in [-0.15, -0.1) is 4.95 Å². The summed E-state index contributed by atoms with van der Waals surface area (Å²) in [7, 11) is 0. The van der Waals surface area contributed by atoms with E-state index >= 15 is 0 Å². The molecule has 5 heteroatoms. The number of hydrogen-bond donors (Lipinski definition) is 0. The van der Waals surface area contributed by atoms with E-state index in [1.165, 1.54) is 5.69 Å². The number of nitrogens with zero attached hydrogens (tertiary/aromatic N) is 4. The van der Waals surface area contributed by atoms with Crippen LogP contribution in [0, 0.1) is 13.1 Å². The molecule has 2 aliphatic rings. The van der Waals surface area contributed by atoms with E-state index in [-0.39, 0.29) is 0 Å². The Hall–Kier alpha value is -4.09. The average Bonchev–Trinajstić information content (AvgIpc) is 2.84. The molecular weight excluding hydrogens is 396 g/mol. The van der Waals surface area contributed by atoms with Crippen LogP contribution in [0.15, 0.2) is 77.9 Å². The van der Waals surface area contributed by atoms with Gasteiger partial charge in [-0.25, -0.2) is 4.85 Å². The fraction of sp³-hybridized carbons (Fsp3) is 0.222. The van der Waals surface area contributed by atoms with Gasteiger partial charge in [-0.05, 0) is 54.3 Å². The smallest absolute Gasteiger partial charge is 0.187 e. The zero-order chi connectivity index (χ0) is 22.0. The molecule has 2 aliphatic heterocycles. The highest BCUT2D eigenvalue weighted by atomic mass is 16.5. The fourth-order valence-corrected chi connectivity index (χ4v) is 4.78. The predicted molar refractivity (Wildman–Crippen MR) is 127 cm³/mol. The number of fused-ring (bicyclic) bond motifs is 1. The van der Waals surface area contributed by atoms with E-state index in [4.69, 9.17) is 17.9 Å². The molecular formula is C27H22N4O. The van der Waals surface area contributed by atoms with Crippen molar-refractivity contribution in [3.63, 3.8) is 0 Å². The lowest BCUT2D eigenvalue weighted by atomic mass is 9.82. The van der Waals surface area contributed by atoms with Crippen molar-refractivity contribution in [3.05, 3.63) is 101 Å². The number of anilines is 1. The van der Waals surface area contributed by atoms with Crippen LogP contribution in [0.4, 0.5) is 11.4 Å². The summed E-state index contributed by atoms with van der Waals surface area (Å²) in [4.78, 5) is 9.28. The zero-order valence-electron chi connectivity index (χ0n) is 17.7. The molecule has 0 N–H and O–H groups in total. The van der Waals surface area contributed by atoms with Crippen molar-refractivity contribution < 1.29 is 4.74 Å². The monoisotopic (exact) mass is 418 g/mol. The van der Waals surface area contributed by atoms with Crippen molar-refractivity contribution in [3.8, 4) is 16.9 Å². The quantitative estimate of drug-likeness (QED) is 0.359. The van der Waals surface area contributed by atoms with Gasteiger partial charge < -0.3 is 9.64 Å². The van der Waals surface area contributed by atoms with Crippen molar-refractivity contribution in [2.24, 2.45) is 5.10 Å². The van der Waals surface area contributed by atoms with E-state index < -0.39 is 5.60 Å². The molecule has 1 unspecified atom stereocenters. The van der Waals surface area contributed by atoms with Crippen molar-refractivity contribution in [1.29, 1.82) is 0 Å². The lowest BCUT2D eigenvalue weighted by Gasteiger charge is -2.46. The Morgan fingerprint density at radius 1 is 0.938 bits per heavy atom. The summed E-state index contributed by atoms with van der Waals surface area (Å²) in [6.45, 7) is 16.4. The predicted octanol–water partition coefficient (Wildman–Crippen LogP) is 6.35. The Labute approximate surface area is 188 Å². The summed E-state index contributed by atoms with van der Waals surface area (Å²) < 4.78 is 6.65. The zero-order valence-corrected chi connectivity index (χ0v) is 17.7. The first-order valence-corrected chi connectivity index (χ1v) is 10.7. The summed E-state index contributed by atoms with van der Waals surface area (Å²) in [5, 5.41) is 4.20. The van der Waals surface area contributed by atoms with Crippen LogP contribution in [-0.4, -0.2) is 24.4 Å². The van der Waals surface area contributed by atoms with Crippen LogP contribution in [0.5, 0.6) is 5.75 Å². The first-order valence-electron chi connectivity index (χ1n) is 10.7. The lowest BCUT2D eigenvalue weighted by Crippen LogP contribution is -2.54. The van der Waals surface area contributed by atoms with Gasteiger partial charge in [-0.2, -0.15) is 6.57 Å². The van der Waals surface area contributed by atoms with Crippen LogP contribution in [-0.2, 0) is 0 Å². The molecule has 32 heavy (non-hydrogen) atoms. The van der Waals surface area contributed by atoms with E-state index in [2.05, 4.69) is 44.1 Å². The second-order valence-electron chi connectivity index (χ2n) is 8.34. The molecule has 0 aliphatic carbocycles. The summed E-state index contributed by atoms with van der Waals surface area (Å²) in [6, 6.07) is 24.0. The maximum absolute atomic E-state index is 7.38. The van der Waals surface area contributed by atoms with Gasteiger partial charge >= 0.3 is 0 Å². The largest absolute Gasteiger partial charge is 0.484 e. The molecule has 0 saturated carbocycles. The van der Waals surface area contributed by atoms with Gasteiger partial charge in [0.25, 0.3) is 0 Å². The van der Waals surface area contributed by atoms with E-state index in [9.17, 15) is 0 Å². The van der Waals surface area contributed by atoms with Crippen molar-refractivity contribution in [1.82, 2.24) is 0 Å². The number of hydrogen-bond acceptors (Lipinski definition) is 3. The molecule has 1 atom stereocenters. The van der Waals surface area contributed by atoms with Crippen LogP contribution in [0.3, 0.4) is 0 Å². The van der Waals surface area contributed by atoms with Crippen LogP contribution in [0.25, 0.3) is 20.9 Å². The number of benzene rings is 3. The van der Waals surface area contributed by atoms with E-state index in [1.807, 2.05) is 42.5 Å². The second-order valence-corrected chi connectivity index (χ2v) is 8.34. The van der Waals surface area contributed by atoms with Crippen molar-refractivity contribution in [2.75, 3.05) is 18.0 Å². The molecule has 0 aromatic heterocycles. The fourth-order valence-electron chi connectivity index (χ4n) is 4.78. The minimum absolute atomic E-state index is 0.393. The molecule has 156 valence electrons. The number of ether oxygens (including phenoxy) is 1. The van der Waals surface area contributed by atoms with Gasteiger partial charge in [-0.3, -0.25) is 0 Å². The molecule has 5 rings (SSSR count). The summed E-state index contributed by atoms with van der Waals surface area (Å²) in [5.74, 6) is 0.777. The Morgan fingerprint density at radius 2 is 1.78 bits per heavy atom. The Morgan fingerprint density at radius 3 is 2.59 bits per heavy atom. The van der Waals surface area contributed by atoms with Crippen molar-refractivity contribution in [2.45, 2.75) is 24.9 Å². The highest BCUT2D eigenvalue weighted by molar-refractivity contribution is 6.05. The maximum Gasteiger partial charge on any atom is 0.187 e. The third kappa shape index (κ3) is 3.70. The van der Waals surface area contributed by atoms with E-state index in [1.54, 1.807) is 6.07 Å². The van der Waals surface area contributed by atoms with Crippen LogP contribution in [0.2, 0.25) is 0 Å². The van der Waals surface area contributed by atoms with Gasteiger partial charge in [0.05, 0.1) is 18.2 Å². The van der Waals surface area contributed by atoms with Gasteiger partial charge in [0.15, 0.2) is 5.69 Å². The third-order valence-corrected chi connectivity index (χ3v) is 6.25. The maximum atomic E-state index is 7.38. The van der Waals surface area contributed by atoms with E-state index in [0.29, 0.717) is 12.1 Å². The molecule has 0 radical (unpaired) electrons. The standard InChI is InChI=1S/C27H22N4O/c1-28-22-9-6-8-20(16-22)21-12-13-26-24(17-21)25(30-29-2)18-27(32-26)14-7-15-31(19-27)23-10-4-3-5-11-23/h3-6,8-13,16-17H,7,14-15,18-19H2/b30-25-. The van der Waals surface area contributed by atoms with Gasteiger partial charge in [-0.1, -0.05) is 42.5 Å². The summed E-state index contributed by atoms with van der Waals surface area (Å²) in [6.07, 6.45) is 2.57. The number of rotatable bonds is 2. The SMILES string of the molecule is [C-]#[N+]/N=C1/CC2(CCCN(c3ccccc3)C2)Oc2ccc(-c3cccc([N+]#[C-])c3)cc21. The molecule has 3 aromatic carbocycles. The van der Waals surface area contributed by atoms with E-state index in [0.717, 1.165) is 54.1 Å². The Balaban J connectivity index is 1.51. The highest BCUT2D eigenvalue weighted by Crippen LogP contribution is 2.41. The minimum Gasteiger partial charge on any atom is -0.484 e. The second kappa shape index (κ2) is 8.21. The number of para-hydroxylation sites is 1. The van der Waals surface area contributed by atoms with Gasteiger partial charge in [0.1, 0.15) is 17.1 Å². The van der Waals surface area contributed by atoms with Gasteiger partial charge in [0.2, 0.25) is 0 Å². The summed E-state index contributed by atoms with van der Waals surface area (Å²) >= 11 is 0.